The number of hydrogen-bond acceptors (Lipinski definition) is 3. The van der Waals surface area contributed by atoms with Crippen molar-refractivity contribution in [3.63, 3.8) is 0 Å². The van der Waals surface area contributed by atoms with Crippen LogP contribution in [0.1, 0.15) is 25.3 Å². The van der Waals surface area contributed by atoms with Crippen LogP contribution in [0, 0.1) is 0 Å². The summed E-state index contributed by atoms with van der Waals surface area (Å²) in [4.78, 5) is 12.9. The molecule has 1 aliphatic rings. The van der Waals surface area contributed by atoms with Gasteiger partial charge in [0.15, 0.2) is 0 Å². The number of likely N-dealkylation sites (tertiary alicyclic amines) is 1. The molecule has 1 aromatic carbocycles. The molecule has 1 aliphatic heterocycles. The first kappa shape index (κ1) is 15.0. The lowest BCUT2D eigenvalue weighted by molar-refractivity contribution is -0.142. The van der Waals surface area contributed by atoms with Crippen molar-refractivity contribution in [2.45, 2.75) is 38.3 Å². The van der Waals surface area contributed by atoms with E-state index in [-0.39, 0.29) is 6.10 Å². The Labute approximate surface area is 120 Å². The van der Waals surface area contributed by atoms with Crippen molar-refractivity contribution in [2.24, 2.45) is 0 Å². The SMILES string of the molecule is C[C@H](C(=O)O)N1CC[C@@H](OCCCc2ccccc2)C1. The van der Waals surface area contributed by atoms with Gasteiger partial charge in [-0.15, -0.1) is 0 Å². The molecule has 110 valence electrons. The van der Waals surface area contributed by atoms with E-state index >= 15 is 0 Å². The third-order valence-electron chi connectivity index (χ3n) is 3.89. The highest BCUT2D eigenvalue weighted by Gasteiger charge is 2.29. The largest absolute Gasteiger partial charge is 0.480 e. The highest BCUT2D eigenvalue weighted by atomic mass is 16.5. The zero-order valence-electron chi connectivity index (χ0n) is 12.0. The smallest absolute Gasteiger partial charge is 0.320 e. The van der Waals surface area contributed by atoms with Crippen molar-refractivity contribution in [1.29, 1.82) is 0 Å². The van der Waals surface area contributed by atoms with Crippen LogP contribution in [-0.2, 0) is 16.0 Å². The minimum absolute atomic E-state index is 0.188. The van der Waals surface area contributed by atoms with E-state index in [1.165, 1.54) is 5.56 Å². The molecule has 1 fully saturated rings. The second kappa shape index (κ2) is 7.41. The van der Waals surface area contributed by atoms with E-state index in [0.717, 1.165) is 39.0 Å². The van der Waals surface area contributed by atoms with Crippen molar-refractivity contribution >= 4 is 5.97 Å². The second-order valence-corrected chi connectivity index (χ2v) is 5.38. The standard InChI is InChI=1S/C16H23NO3/c1-13(16(18)19)17-10-9-15(12-17)20-11-5-8-14-6-3-2-4-7-14/h2-4,6-7,13,15H,5,8-12H2,1H3,(H,18,19)/t13-,15-/m1/s1. The second-order valence-electron chi connectivity index (χ2n) is 5.38. The average Bonchev–Trinajstić information content (AvgIpc) is 2.92. The lowest BCUT2D eigenvalue weighted by Crippen LogP contribution is -2.37. The fraction of sp³-hybridized carbons (Fsp3) is 0.562. The number of nitrogens with zero attached hydrogens (tertiary/aromatic N) is 1. The lowest BCUT2D eigenvalue weighted by Gasteiger charge is -2.20. The van der Waals surface area contributed by atoms with Crippen molar-refractivity contribution < 1.29 is 14.6 Å². The molecule has 2 atom stereocenters. The molecule has 0 aliphatic carbocycles. The third kappa shape index (κ3) is 4.32. The molecule has 2 rings (SSSR count). The van der Waals surface area contributed by atoms with E-state index in [1.54, 1.807) is 6.92 Å². The van der Waals surface area contributed by atoms with Crippen LogP contribution in [0.15, 0.2) is 30.3 Å². The van der Waals surface area contributed by atoms with Gasteiger partial charge in [-0.1, -0.05) is 30.3 Å². The molecule has 0 spiro atoms. The van der Waals surface area contributed by atoms with Crippen molar-refractivity contribution in [1.82, 2.24) is 4.90 Å². The van der Waals surface area contributed by atoms with Crippen LogP contribution in [-0.4, -0.2) is 47.8 Å². The molecule has 1 saturated heterocycles. The summed E-state index contributed by atoms with van der Waals surface area (Å²) in [5.74, 6) is -0.755. The number of carbonyl (C=O) groups is 1. The molecule has 0 unspecified atom stereocenters. The van der Waals surface area contributed by atoms with Crippen LogP contribution in [0.25, 0.3) is 0 Å². The van der Waals surface area contributed by atoms with E-state index < -0.39 is 12.0 Å². The van der Waals surface area contributed by atoms with Gasteiger partial charge in [-0.3, -0.25) is 9.69 Å². The van der Waals surface area contributed by atoms with Crippen LogP contribution in [0.5, 0.6) is 0 Å². The monoisotopic (exact) mass is 277 g/mol. The summed E-state index contributed by atoms with van der Waals surface area (Å²) in [5, 5.41) is 8.99. The molecular weight excluding hydrogens is 254 g/mol. The van der Waals surface area contributed by atoms with Crippen molar-refractivity contribution in [2.75, 3.05) is 19.7 Å². The number of aliphatic carboxylic acids is 1. The Balaban J connectivity index is 1.63. The Hall–Kier alpha value is -1.39. The number of ether oxygens (including phenoxy) is 1. The molecule has 1 heterocycles. The molecular formula is C16H23NO3. The summed E-state index contributed by atoms with van der Waals surface area (Å²) in [6, 6.07) is 9.98. The van der Waals surface area contributed by atoms with Gasteiger partial charge in [0.25, 0.3) is 0 Å². The average molecular weight is 277 g/mol. The highest BCUT2D eigenvalue weighted by Crippen LogP contribution is 2.16. The number of aryl methyl sites for hydroxylation is 1. The van der Waals surface area contributed by atoms with Gasteiger partial charge in [-0.2, -0.15) is 0 Å². The van der Waals surface area contributed by atoms with Gasteiger partial charge < -0.3 is 9.84 Å². The maximum Gasteiger partial charge on any atom is 0.320 e. The summed E-state index contributed by atoms with van der Waals surface area (Å²) in [6.45, 7) is 4.03. The van der Waals surface area contributed by atoms with E-state index in [9.17, 15) is 4.79 Å². The minimum Gasteiger partial charge on any atom is -0.480 e. The summed E-state index contributed by atoms with van der Waals surface area (Å²) < 4.78 is 5.85. The van der Waals surface area contributed by atoms with Crippen LogP contribution in [0.3, 0.4) is 0 Å². The molecule has 0 bridgehead atoms. The van der Waals surface area contributed by atoms with E-state index in [1.807, 2.05) is 11.0 Å². The van der Waals surface area contributed by atoms with Crippen LogP contribution in [0.4, 0.5) is 0 Å². The Morgan fingerprint density at radius 3 is 2.90 bits per heavy atom. The predicted octanol–water partition coefficient (Wildman–Crippen LogP) is 2.18. The molecule has 0 radical (unpaired) electrons. The first-order valence-corrected chi connectivity index (χ1v) is 7.29. The number of carboxylic acid groups (broad SMARTS) is 1. The topological polar surface area (TPSA) is 49.8 Å². The quantitative estimate of drug-likeness (QED) is 0.776. The molecule has 0 amide bonds. The Morgan fingerprint density at radius 2 is 2.20 bits per heavy atom. The Bertz CT molecular complexity index is 421. The fourth-order valence-electron chi connectivity index (χ4n) is 2.57. The molecule has 0 saturated carbocycles. The number of benzene rings is 1. The minimum atomic E-state index is -0.755. The maximum atomic E-state index is 10.9. The van der Waals surface area contributed by atoms with Crippen LogP contribution in [0.2, 0.25) is 0 Å². The van der Waals surface area contributed by atoms with E-state index in [4.69, 9.17) is 9.84 Å². The molecule has 4 nitrogen and oxygen atoms in total. The number of carboxylic acids is 1. The van der Waals surface area contributed by atoms with Gasteiger partial charge in [0.2, 0.25) is 0 Å². The highest BCUT2D eigenvalue weighted by molar-refractivity contribution is 5.72. The lowest BCUT2D eigenvalue weighted by atomic mass is 10.1. The number of hydrogen-bond donors (Lipinski definition) is 1. The zero-order chi connectivity index (χ0) is 14.4. The molecule has 4 heteroatoms. The Kier molecular flexibility index (Phi) is 5.56. The molecule has 1 aromatic rings. The van der Waals surface area contributed by atoms with Gasteiger partial charge in [-0.05, 0) is 31.7 Å². The zero-order valence-corrected chi connectivity index (χ0v) is 12.0. The fourth-order valence-corrected chi connectivity index (χ4v) is 2.57. The first-order valence-electron chi connectivity index (χ1n) is 7.29. The Morgan fingerprint density at radius 1 is 1.45 bits per heavy atom. The van der Waals surface area contributed by atoms with Gasteiger partial charge in [0, 0.05) is 19.7 Å². The molecule has 0 aromatic heterocycles. The maximum absolute atomic E-state index is 10.9. The van der Waals surface area contributed by atoms with E-state index in [2.05, 4.69) is 24.3 Å². The molecule has 20 heavy (non-hydrogen) atoms. The summed E-state index contributed by atoms with van der Waals surface area (Å²) in [5.41, 5.74) is 1.34. The van der Waals surface area contributed by atoms with Gasteiger partial charge in [0.1, 0.15) is 6.04 Å². The van der Waals surface area contributed by atoms with E-state index in [0.29, 0.717) is 0 Å². The van der Waals surface area contributed by atoms with Crippen molar-refractivity contribution in [3.8, 4) is 0 Å². The summed E-state index contributed by atoms with van der Waals surface area (Å²) in [6.07, 6.45) is 3.16. The summed E-state index contributed by atoms with van der Waals surface area (Å²) >= 11 is 0. The normalized spacial score (nSPS) is 20.9. The van der Waals surface area contributed by atoms with Gasteiger partial charge in [0.05, 0.1) is 6.10 Å². The van der Waals surface area contributed by atoms with Gasteiger partial charge in [-0.25, -0.2) is 0 Å². The summed E-state index contributed by atoms with van der Waals surface area (Å²) in [7, 11) is 0. The van der Waals surface area contributed by atoms with Crippen LogP contribution >= 0.6 is 0 Å². The van der Waals surface area contributed by atoms with Crippen LogP contribution < -0.4 is 0 Å². The third-order valence-corrected chi connectivity index (χ3v) is 3.89. The number of rotatable bonds is 7. The molecule has 1 N–H and O–H groups in total. The van der Waals surface area contributed by atoms with Gasteiger partial charge >= 0.3 is 5.97 Å². The first-order chi connectivity index (χ1) is 9.66. The predicted molar refractivity (Wildman–Crippen MR) is 77.8 cm³/mol. The van der Waals surface area contributed by atoms with Crippen molar-refractivity contribution in [3.05, 3.63) is 35.9 Å².